The first-order valence-electron chi connectivity index (χ1n) is 7.26. The fourth-order valence-electron chi connectivity index (χ4n) is 2.73. The number of hydrogen-bond acceptors (Lipinski definition) is 3. The van der Waals surface area contributed by atoms with Crippen LogP contribution in [-0.4, -0.2) is 8.42 Å². The van der Waals surface area contributed by atoms with Gasteiger partial charge < -0.3 is 5.73 Å². The van der Waals surface area contributed by atoms with Crippen LogP contribution in [0.25, 0.3) is 0 Å². The van der Waals surface area contributed by atoms with E-state index in [0.717, 1.165) is 31.2 Å². The number of aryl methyl sites for hydroxylation is 2. The van der Waals surface area contributed by atoms with Crippen molar-refractivity contribution in [1.29, 1.82) is 0 Å². The van der Waals surface area contributed by atoms with Crippen LogP contribution in [0, 0.1) is 0 Å². The second kappa shape index (κ2) is 6.23. The number of fused-ring (bicyclic) bond motifs is 1. The summed E-state index contributed by atoms with van der Waals surface area (Å²) in [5.74, 6) is 0. The molecule has 1 aliphatic rings. The quantitative estimate of drug-likeness (QED) is 0.792. The summed E-state index contributed by atoms with van der Waals surface area (Å²) in [4.78, 5) is 0.238. The van der Waals surface area contributed by atoms with Crippen molar-refractivity contribution in [2.45, 2.75) is 30.6 Å². The Kier molecular flexibility index (Phi) is 4.45. The van der Waals surface area contributed by atoms with Crippen LogP contribution in [0.5, 0.6) is 0 Å². The van der Waals surface area contributed by atoms with Crippen LogP contribution in [-0.2, 0) is 22.9 Å². The van der Waals surface area contributed by atoms with E-state index in [0.29, 0.717) is 0 Å². The lowest BCUT2D eigenvalue weighted by atomic mass is 9.92. The van der Waals surface area contributed by atoms with E-state index in [-0.39, 0.29) is 26.3 Å². The normalized spacial score (nSPS) is 14.3. The average molecular weight is 371 g/mol. The summed E-state index contributed by atoms with van der Waals surface area (Å²) in [6.45, 7) is 0. The largest absolute Gasteiger partial charge is 0.396 e. The van der Waals surface area contributed by atoms with Crippen molar-refractivity contribution in [2.24, 2.45) is 0 Å². The van der Waals surface area contributed by atoms with Crippen molar-refractivity contribution in [3.05, 3.63) is 51.5 Å². The van der Waals surface area contributed by atoms with Gasteiger partial charge in [-0.25, -0.2) is 8.42 Å². The standard InChI is InChI=1S/C16H16Cl2N2O2S/c17-14-8-12(9-15(18)16(14)19)20-23(21,22)13-6-5-10-3-1-2-4-11(10)7-13/h5-9,20H,1-4,19H2. The molecule has 0 aromatic heterocycles. The van der Waals surface area contributed by atoms with Gasteiger partial charge in [0.05, 0.1) is 26.3 Å². The van der Waals surface area contributed by atoms with Crippen molar-refractivity contribution >= 4 is 44.6 Å². The number of rotatable bonds is 3. The summed E-state index contributed by atoms with van der Waals surface area (Å²) < 4.78 is 27.6. The third kappa shape index (κ3) is 3.42. The number of nitrogen functional groups attached to an aromatic ring is 1. The number of nitrogens with two attached hydrogens (primary N) is 1. The monoisotopic (exact) mass is 370 g/mol. The first-order valence-corrected chi connectivity index (χ1v) is 9.50. The molecule has 2 aromatic rings. The Morgan fingerprint density at radius 1 is 0.957 bits per heavy atom. The van der Waals surface area contributed by atoms with Gasteiger partial charge >= 0.3 is 0 Å². The molecule has 3 rings (SSSR count). The highest BCUT2D eigenvalue weighted by atomic mass is 35.5. The Morgan fingerprint density at radius 3 is 2.22 bits per heavy atom. The molecule has 0 amide bonds. The number of nitrogens with one attached hydrogen (secondary N) is 1. The SMILES string of the molecule is Nc1c(Cl)cc(NS(=O)(=O)c2ccc3c(c2)CCCC3)cc1Cl. The molecule has 1 aliphatic carbocycles. The van der Waals surface area contributed by atoms with E-state index in [4.69, 9.17) is 28.9 Å². The van der Waals surface area contributed by atoms with E-state index >= 15 is 0 Å². The second-order valence-electron chi connectivity index (χ2n) is 5.60. The molecule has 4 nitrogen and oxygen atoms in total. The number of halogens is 2. The van der Waals surface area contributed by atoms with E-state index in [1.54, 1.807) is 12.1 Å². The van der Waals surface area contributed by atoms with Gasteiger partial charge in [-0.2, -0.15) is 0 Å². The molecule has 0 fully saturated rings. The summed E-state index contributed by atoms with van der Waals surface area (Å²) >= 11 is 11.9. The van der Waals surface area contributed by atoms with Crippen LogP contribution in [0.1, 0.15) is 24.0 Å². The van der Waals surface area contributed by atoms with Crippen LogP contribution in [0.3, 0.4) is 0 Å². The van der Waals surface area contributed by atoms with E-state index in [1.165, 1.54) is 17.7 Å². The third-order valence-corrected chi connectivity index (χ3v) is 5.97. The van der Waals surface area contributed by atoms with Gasteiger partial charge in [0.1, 0.15) is 0 Å². The van der Waals surface area contributed by atoms with Crippen molar-refractivity contribution in [2.75, 3.05) is 10.5 Å². The van der Waals surface area contributed by atoms with Crippen molar-refractivity contribution in [3.8, 4) is 0 Å². The molecule has 2 aromatic carbocycles. The van der Waals surface area contributed by atoms with Crippen molar-refractivity contribution < 1.29 is 8.42 Å². The Morgan fingerprint density at radius 2 is 1.57 bits per heavy atom. The zero-order valence-corrected chi connectivity index (χ0v) is 14.6. The van der Waals surface area contributed by atoms with Gasteiger partial charge in [0, 0.05) is 0 Å². The number of anilines is 2. The van der Waals surface area contributed by atoms with E-state index in [2.05, 4.69) is 4.72 Å². The van der Waals surface area contributed by atoms with E-state index in [9.17, 15) is 8.42 Å². The molecular formula is C16H16Cl2N2O2S. The summed E-state index contributed by atoms with van der Waals surface area (Å²) in [5, 5.41) is 0.418. The maximum Gasteiger partial charge on any atom is 0.261 e. The van der Waals surface area contributed by atoms with Gasteiger partial charge in [-0.3, -0.25) is 4.72 Å². The molecule has 0 spiro atoms. The van der Waals surface area contributed by atoms with Gasteiger partial charge in [0.25, 0.3) is 10.0 Å². The first kappa shape index (κ1) is 16.4. The summed E-state index contributed by atoms with van der Waals surface area (Å²) in [6.07, 6.45) is 4.16. The van der Waals surface area contributed by atoms with Crippen molar-refractivity contribution in [1.82, 2.24) is 0 Å². The number of hydrogen-bond donors (Lipinski definition) is 2. The second-order valence-corrected chi connectivity index (χ2v) is 8.09. The summed E-state index contributed by atoms with van der Waals surface area (Å²) in [5.41, 5.74) is 8.51. The Bertz CT molecular complexity index is 843. The third-order valence-electron chi connectivity index (χ3n) is 3.96. The van der Waals surface area contributed by atoms with E-state index < -0.39 is 10.0 Å². The first-order chi connectivity index (χ1) is 10.9. The highest BCUT2D eigenvalue weighted by molar-refractivity contribution is 7.92. The highest BCUT2D eigenvalue weighted by Gasteiger charge is 2.18. The molecule has 0 saturated carbocycles. The summed E-state index contributed by atoms with van der Waals surface area (Å²) in [7, 11) is -3.70. The number of benzene rings is 2. The topological polar surface area (TPSA) is 72.2 Å². The van der Waals surface area contributed by atoms with Gasteiger partial charge in [0.2, 0.25) is 0 Å². The summed E-state index contributed by atoms with van der Waals surface area (Å²) in [6, 6.07) is 8.16. The highest BCUT2D eigenvalue weighted by Crippen LogP contribution is 2.32. The predicted molar refractivity (Wildman–Crippen MR) is 94.8 cm³/mol. The molecule has 0 heterocycles. The molecule has 122 valence electrons. The molecule has 0 unspecified atom stereocenters. The molecule has 0 radical (unpaired) electrons. The molecule has 0 saturated heterocycles. The zero-order chi connectivity index (χ0) is 16.6. The van der Waals surface area contributed by atoms with E-state index in [1.807, 2.05) is 6.07 Å². The minimum Gasteiger partial charge on any atom is -0.396 e. The predicted octanol–water partition coefficient (Wildman–Crippen LogP) is 4.26. The smallest absolute Gasteiger partial charge is 0.261 e. The minimum absolute atomic E-state index is 0.209. The molecular weight excluding hydrogens is 355 g/mol. The zero-order valence-electron chi connectivity index (χ0n) is 12.3. The minimum atomic E-state index is -3.70. The molecule has 3 N–H and O–H groups in total. The maximum absolute atomic E-state index is 12.6. The van der Waals surface area contributed by atoms with Crippen molar-refractivity contribution in [3.63, 3.8) is 0 Å². The van der Waals surface area contributed by atoms with Crippen LogP contribution in [0.2, 0.25) is 10.0 Å². The number of sulfonamides is 1. The lowest BCUT2D eigenvalue weighted by molar-refractivity contribution is 0.600. The van der Waals surface area contributed by atoms with Gasteiger partial charge in [-0.05, 0) is 61.1 Å². The van der Waals surface area contributed by atoms with Crippen LogP contribution < -0.4 is 10.5 Å². The Labute approximate surface area is 145 Å². The Hall–Kier alpha value is -1.43. The molecule has 0 aliphatic heterocycles. The van der Waals surface area contributed by atoms with Crippen LogP contribution >= 0.6 is 23.2 Å². The lowest BCUT2D eigenvalue weighted by Gasteiger charge is -2.17. The molecule has 7 heteroatoms. The fraction of sp³-hybridized carbons (Fsp3) is 0.250. The molecule has 0 atom stereocenters. The Balaban J connectivity index is 1.93. The van der Waals surface area contributed by atoms with Gasteiger partial charge in [-0.15, -0.1) is 0 Å². The lowest BCUT2D eigenvalue weighted by Crippen LogP contribution is -2.14. The fourth-order valence-corrected chi connectivity index (χ4v) is 4.31. The van der Waals surface area contributed by atoms with Gasteiger partial charge in [0.15, 0.2) is 0 Å². The maximum atomic E-state index is 12.6. The average Bonchev–Trinajstić information content (AvgIpc) is 2.51. The van der Waals surface area contributed by atoms with Gasteiger partial charge in [-0.1, -0.05) is 29.3 Å². The molecule has 0 bridgehead atoms. The molecule has 23 heavy (non-hydrogen) atoms. The van der Waals surface area contributed by atoms with Crippen LogP contribution in [0.15, 0.2) is 35.2 Å². The van der Waals surface area contributed by atoms with Crippen LogP contribution in [0.4, 0.5) is 11.4 Å².